The Morgan fingerprint density at radius 3 is 2.82 bits per heavy atom. The minimum atomic E-state index is 0.103. The van der Waals surface area contributed by atoms with Gasteiger partial charge in [-0.25, -0.2) is 0 Å². The molecule has 1 saturated heterocycles. The third kappa shape index (κ3) is 3.42. The van der Waals surface area contributed by atoms with Crippen LogP contribution in [0.1, 0.15) is 33.9 Å². The number of thiophene rings is 1. The van der Waals surface area contributed by atoms with Gasteiger partial charge in [-0.1, -0.05) is 0 Å². The van der Waals surface area contributed by atoms with Gasteiger partial charge in [0.2, 0.25) is 0 Å². The molecule has 2 aromatic rings. The number of nitrogens with zero attached hydrogens (tertiary/aromatic N) is 2. The minimum Gasteiger partial charge on any atom is -0.466 e. The SMILES string of the molecule is Cc1cc(C(=O)N2CCCN(Cc3ccsc3)CC2)c(C)o1. The van der Waals surface area contributed by atoms with E-state index in [0.29, 0.717) is 5.56 Å². The molecule has 1 aliphatic heterocycles. The first-order chi connectivity index (χ1) is 10.6. The third-order valence-electron chi connectivity index (χ3n) is 4.13. The van der Waals surface area contributed by atoms with Gasteiger partial charge in [-0.2, -0.15) is 11.3 Å². The zero-order valence-corrected chi connectivity index (χ0v) is 14.0. The highest BCUT2D eigenvalue weighted by Crippen LogP contribution is 2.18. The molecule has 0 bridgehead atoms. The van der Waals surface area contributed by atoms with Gasteiger partial charge < -0.3 is 9.32 Å². The fraction of sp³-hybridized carbons (Fsp3) is 0.471. The van der Waals surface area contributed by atoms with Crippen molar-refractivity contribution in [2.45, 2.75) is 26.8 Å². The van der Waals surface area contributed by atoms with Gasteiger partial charge in [0.25, 0.3) is 5.91 Å². The lowest BCUT2D eigenvalue weighted by atomic mass is 10.2. The molecule has 5 heteroatoms. The van der Waals surface area contributed by atoms with Crippen LogP contribution in [0.15, 0.2) is 27.3 Å². The van der Waals surface area contributed by atoms with Crippen molar-refractivity contribution in [1.29, 1.82) is 0 Å². The Kier molecular flexibility index (Phi) is 4.64. The van der Waals surface area contributed by atoms with Crippen molar-refractivity contribution >= 4 is 17.2 Å². The maximum atomic E-state index is 12.7. The van der Waals surface area contributed by atoms with Crippen LogP contribution >= 0.6 is 11.3 Å². The van der Waals surface area contributed by atoms with Crippen LogP contribution in [0.5, 0.6) is 0 Å². The first kappa shape index (κ1) is 15.3. The summed E-state index contributed by atoms with van der Waals surface area (Å²) in [5, 5.41) is 4.32. The second kappa shape index (κ2) is 6.67. The second-order valence-corrected chi connectivity index (χ2v) is 6.66. The molecule has 2 aromatic heterocycles. The van der Waals surface area contributed by atoms with E-state index in [1.54, 1.807) is 11.3 Å². The van der Waals surface area contributed by atoms with Crippen molar-refractivity contribution < 1.29 is 9.21 Å². The average Bonchev–Trinajstić information content (AvgIpc) is 3.03. The monoisotopic (exact) mass is 318 g/mol. The summed E-state index contributed by atoms with van der Waals surface area (Å²) in [6, 6.07) is 4.03. The Morgan fingerprint density at radius 1 is 1.27 bits per heavy atom. The van der Waals surface area contributed by atoms with Crippen molar-refractivity contribution in [3.63, 3.8) is 0 Å². The lowest BCUT2D eigenvalue weighted by Gasteiger charge is -2.21. The normalized spacial score (nSPS) is 16.7. The summed E-state index contributed by atoms with van der Waals surface area (Å²) < 4.78 is 5.49. The number of hydrogen-bond donors (Lipinski definition) is 0. The fourth-order valence-corrected chi connectivity index (χ4v) is 3.65. The van der Waals surface area contributed by atoms with Gasteiger partial charge in [-0.3, -0.25) is 9.69 Å². The van der Waals surface area contributed by atoms with E-state index in [-0.39, 0.29) is 5.91 Å². The predicted molar refractivity (Wildman–Crippen MR) is 88.3 cm³/mol. The molecule has 1 fully saturated rings. The van der Waals surface area contributed by atoms with E-state index in [2.05, 4.69) is 21.7 Å². The zero-order chi connectivity index (χ0) is 15.5. The van der Waals surface area contributed by atoms with Gasteiger partial charge in [-0.15, -0.1) is 0 Å². The van der Waals surface area contributed by atoms with E-state index in [1.165, 1.54) is 5.56 Å². The molecule has 22 heavy (non-hydrogen) atoms. The average molecular weight is 318 g/mol. The summed E-state index contributed by atoms with van der Waals surface area (Å²) in [5.41, 5.74) is 2.08. The Balaban J connectivity index is 1.62. The van der Waals surface area contributed by atoms with E-state index in [1.807, 2.05) is 24.8 Å². The Hall–Kier alpha value is -1.59. The number of hydrogen-bond acceptors (Lipinski definition) is 4. The standard InChI is InChI=1S/C17H22N2O2S/c1-13-10-16(14(2)21-13)17(20)19-6-3-5-18(7-8-19)11-15-4-9-22-12-15/h4,9-10,12H,3,5-8,11H2,1-2H3. The highest BCUT2D eigenvalue weighted by atomic mass is 32.1. The molecule has 1 aliphatic rings. The van der Waals surface area contributed by atoms with Crippen LogP contribution in [0.25, 0.3) is 0 Å². The van der Waals surface area contributed by atoms with Crippen LogP contribution in [0.4, 0.5) is 0 Å². The molecule has 1 amide bonds. The smallest absolute Gasteiger partial charge is 0.257 e. The Morgan fingerprint density at radius 2 is 2.14 bits per heavy atom. The lowest BCUT2D eigenvalue weighted by molar-refractivity contribution is 0.0759. The molecule has 0 saturated carbocycles. The summed E-state index contributed by atoms with van der Waals surface area (Å²) in [6.45, 7) is 8.31. The van der Waals surface area contributed by atoms with Crippen molar-refractivity contribution in [2.75, 3.05) is 26.2 Å². The van der Waals surface area contributed by atoms with E-state index in [4.69, 9.17) is 4.42 Å². The van der Waals surface area contributed by atoms with Crippen molar-refractivity contribution in [3.8, 4) is 0 Å². The van der Waals surface area contributed by atoms with Crippen LogP contribution in [-0.2, 0) is 6.54 Å². The molecule has 0 atom stereocenters. The first-order valence-electron chi connectivity index (χ1n) is 7.73. The topological polar surface area (TPSA) is 36.7 Å². The maximum absolute atomic E-state index is 12.7. The van der Waals surface area contributed by atoms with Crippen molar-refractivity contribution in [3.05, 3.63) is 45.5 Å². The molecule has 4 nitrogen and oxygen atoms in total. The van der Waals surface area contributed by atoms with Crippen LogP contribution in [-0.4, -0.2) is 41.9 Å². The van der Waals surface area contributed by atoms with Crippen LogP contribution in [0.2, 0.25) is 0 Å². The number of amides is 1. The quantitative estimate of drug-likeness (QED) is 0.871. The molecule has 3 rings (SSSR count). The summed E-state index contributed by atoms with van der Waals surface area (Å²) in [7, 11) is 0. The van der Waals surface area contributed by atoms with Gasteiger partial charge in [0.1, 0.15) is 11.5 Å². The summed E-state index contributed by atoms with van der Waals surface area (Å²) in [5.74, 6) is 1.63. The maximum Gasteiger partial charge on any atom is 0.257 e. The summed E-state index contributed by atoms with van der Waals surface area (Å²) in [6.07, 6.45) is 1.02. The van der Waals surface area contributed by atoms with Gasteiger partial charge in [0.05, 0.1) is 5.56 Å². The largest absolute Gasteiger partial charge is 0.466 e. The molecular formula is C17H22N2O2S. The number of carbonyl (C=O) groups is 1. The van der Waals surface area contributed by atoms with Gasteiger partial charge >= 0.3 is 0 Å². The fourth-order valence-electron chi connectivity index (χ4n) is 2.99. The second-order valence-electron chi connectivity index (χ2n) is 5.88. The predicted octanol–water partition coefficient (Wildman–Crippen LogP) is 3.31. The number of aryl methyl sites for hydroxylation is 2. The van der Waals surface area contributed by atoms with Crippen molar-refractivity contribution in [2.24, 2.45) is 0 Å². The third-order valence-corrected chi connectivity index (χ3v) is 4.87. The molecule has 0 spiro atoms. The molecule has 0 unspecified atom stereocenters. The van der Waals surface area contributed by atoms with Gasteiger partial charge in [0, 0.05) is 32.7 Å². The molecule has 0 radical (unpaired) electrons. The van der Waals surface area contributed by atoms with E-state index < -0.39 is 0 Å². The Bertz CT molecular complexity index is 633. The van der Waals surface area contributed by atoms with Crippen LogP contribution in [0.3, 0.4) is 0 Å². The zero-order valence-electron chi connectivity index (χ0n) is 13.2. The first-order valence-corrected chi connectivity index (χ1v) is 8.67. The minimum absolute atomic E-state index is 0.103. The number of carbonyl (C=O) groups excluding carboxylic acids is 1. The molecule has 0 N–H and O–H groups in total. The molecule has 0 aromatic carbocycles. The van der Waals surface area contributed by atoms with Crippen molar-refractivity contribution in [1.82, 2.24) is 9.80 Å². The number of rotatable bonds is 3. The van der Waals surface area contributed by atoms with Gasteiger partial charge in [0.15, 0.2) is 0 Å². The number of furan rings is 1. The molecule has 3 heterocycles. The highest BCUT2D eigenvalue weighted by Gasteiger charge is 2.23. The van der Waals surface area contributed by atoms with Crippen LogP contribution in [0, 0.1) is 13.8 Å². The lowest BCUT2D eigenvalue weighted by Crippen LogP contribution is -2.35. The highest BCUT2D eigenvalue weighted by molar-refractivity contribution is 7.07. The molecule has 0 aliphatic carbocycles. The summed E-state index contributed by atoms with van der Waals surface area (Å²) in [4.78, 5) is 17.1. The summed E-state index contributed by atoms with van der Waals surface area (Å²) >= 11 is 1.74. The van der Waals surface area contributed by atoms with E-state index in [0.717, 1.165) is 50.7 Å². The van der Waals surface area contributed by atoms with Gasteiger partial charge in [-0.05, 0) is 48.7 Å². The molecule has 118 valence electrons. The van der Waals surface area contributed by atoms with Crippen LogP contribution < -0.4 is 0 Å². The molecular weight excluding hydrogens is 296 g/mol. The Labute approximate surface area is 135 Å². The van der Waals surface area contributed by atoms with E-state index >= 15 is 0 Å². The van der Waals surface area contributed by atoms with E-state index in [9.17, 15) is 4.79 Å².